The molecule has 0 unspecified atom stereocenters. The van der Waals surface area contributed by atoms with Crippen molar-refractivity contribution in [2.24, 2.45) is 0 Å². The highest BCUT2D eigenvalue weighted by Gasteiger charge is 2.18. The fourth-order valence-electron chi connectivity index (χ4n) is 3.25. The molecule has 0 atom stereocenters. The average Bonchev–Trinajstić information content (AvgIpc) is 2.97. The van der Waals surface area contributed by atoms with Gasteiger partial charge in [-0.1, -0.05) is 77.6 Å². The van der Waals surface area contributed by atoms with Gasteiger partial charge in [0.15, 0.2) is 0 Å². The molecule has 6 heteroatoms. The molecule has 1 rings (SSSR count). The van der Waals surface area contributed by atoms with Crippen LogP contribution in [0, 0.1) is 0 Å². The number of hydrogen-bond acceptors (Lipinski definition) is 1. The van der Waals surface area contributed by atoms with Crippen molar-refractivity contribution in [3.05, 3.63) is 0 Å². The molecule has 0 aromatic carbocycles. The Balaban J connectivity index is 1.66. The van der Waals surface area contributed by atoms with E-state index in [0.29, 0.717) is 34.2 Å². The maximum Gasteiger partial charge on any atom is 0.134 e. The zero-order valence-electron chi connectivity index (χ0n) is 14.0. The van der Waals surface area contributed by atoms with Crippen LogP contribution in [0.4, 0.5) is 0 Å². The first kappa shape index (κ1) is 19.1. The molecule has 0 amide bonds. The zero-order chi connectivity index (χ0) is 14.3. The summed E-state index contributed by atoms with van der Waals surface area (Å²) in [6.45, 7) is 3.49. The van der Waals surface area contributed by atoms with E-state index in [2.05, 4.69) is 6.92 Å². The van der Waals surface area contributed by atoms with Crippen LogP contribution in [-0.4, -0.2) is 48.9 Å². The lowest BCUT2D eigenvalue weighted by Gasteiger charge is -2.09. The van der Waals surface area contributed by atoms with Gasteiger partial charge >= 0.3 is 0 Å². The highest BCUT2D eigenvalue weighted by molar-refractivity contribution is 7.79. The van der Waals surface area contributed by atoms with Crippen LogP contribution in [0.5, 0.6) is 0 Å². The molecule has 0 saturated carbocycles. The van der Waals surface area contributed by atoms with Gasteiger partial charge in [-0.25, -0.2) is 0 Å². The topological polar surface area (TPSA) is 9.23 Å². The van der Waals surface area contributed by atoms with E-state index in [4.69, 9.17) is 4.43 Å². The van der Waals surface area contributed by atoms with Crippen LogP contribution in [-0.2, 0) is 4.43 Å². The second kappa shape index (κ2) is 15.0. The van der Waals surface area contributed by atoms with Gasteiger partial charge in [0, 0.05) is 23.7 Å². The Morgan fingerprint density at radius 3 is 1.60 bits per heavy atom. The first-order chi connectivity index (χ1) is 9.93. The minimum atomic E-state index is -0.267. The Bertz CT molecular complexity index is 200. The molecule has 0 aliphatic carbocycles. The molecule has 120 valence electrons. The van der Waals surface area contributed by atoms with E-state index in [1.54, 1.807) is 0 Å². The van der Waals surface area contributed by atoms with E-state index in [0.717, 1.165) is 0 Å². The van der Waals surface area contributed by atoms with Gasteiger partial charge in [-0.3, -0.25) is 0 Å². The third-order valence-electron chi connectivity index (χ3n) is 4.65. The van der Waals surface area contributed by atoms with E-state index in [9.17, 15) is 0 Å². The molecule has 20 heavy (non-hydrogen) atoms. The SMILES string of the molecule is CCCCCCCCCCCCCCO[SiH]1[SiH2][SiH2][SiH2][SiH2]1. The van der Waals surface area contributed by atoms with Crippen molar-refractivity contribution in [1.82, 2.24) is 0 Å². The van der Waals surface area contributed by atoms with Gasteiger partial charge in [-0.15, -0.1) is 0 Å². The quantitative estimate of drug-likeness (QED) is 0.329. The van der Waals surface area contributed by atoms with Crippen molar-refractivity contribution >= 4 is 42.3 Å². The first-order valence-corrected chi connectivity index (χ1v) is 28.6. The molecule has 1 saturated heterocycles. The summed E-state index contributed by atoms with van der Waals surface area (Å²) >= 11 is 0. The second-order valence-electron chi connectivity index (χ2n) is 6.67. The summed E-state index contributed by atoms with van der Waals surface area (Å²) in [7, 11) is 2.30. The third-order valence-corrected chi connectivity index (χ3v) is 98.2. The highest BCUT2D eigenvalue weighted by Crippen LogP contribution is 2.11. The average molecular weight is 363 g/mol. The zero-order valence-corrected chi connectivity index (χ0v) is 20.8. The van der Waals surface area contributed by atoms with Crippen LogP contribution >= 0.6 is 0 Å². The summed E-state index contributed by atoms with van der Waals surface area (Å²) in [4.78, 5) is 0. The van der Waals surface area contributed by atoms with Gasteiger partial charge < -0.3 is 4.43 Å². The lowest BCUT2D eigenvalue weighted by Crippen LogP contribution is -2.29. The number of unbranched alkanes of at least 4 members (excludes halogenated alkanes) is 11. The molecule has 1 heterocycles. The molecule has 0 radical (unpaired) electrons. The van der Waals surface area contributed by atoms with Gasteiger partial charge in [0.05, 0.1) is 0 Å². The largest absolute Gasteiger partial charge is 0.428 e. The van der Waals surface area contributed by atoms with E-state index < -0.39 is 0 Å². The predicted octanol–water partition coefficient (Wildman–Crippen LogP) is 0.855. The number of hydrogen-bond donors (Lipinski definition) is 0. The van der Waals surface area contributed by atoms with Crippen LogP contribution < -0.4 is 0 Å². The van der Waals surface area contributed by atoms with Crippen LogP contribution in [0.15, 0.2) is 0 Å². The lowest BCUT2D eigenvalue weighted by atomic mass is 10.1. The van der Waals surface area contributed by atoms with Gasteiger partial charge in [-0.05, 0) is 23.5 Å². The van der Waals surface area contributed by atoms with Crippen molar-refractivity contribution in [1.29, 1.82) is 0 Å². The summed E-state index contributed by atoms with van der Waals surface area (Å²) in [6, 6.07) is 0. The third kappa shape index (κ3) is 11.7. The van der Waals surface area contributed by atoms with Gasteiger partial charge in [0.1, 0.15) is 8.08 Å². The number of rotatable bonds is 14. The highest BCUT2D eigenvalue weighted by atomic mass is 30.1. The van der Waals surface area contributed by atoms with Crippen molar-refractivity contribution < 1.29 is 4.43 Å². The normalized spacial score (nSPS) is 23.6. The molecule has 0 bridgehead atoms. The van der Waals surface area contributed by atoms with E-state index in [1.807, 2.05) is 0 Å². The monoisotopic (exact) mass is 362 g/mol. The van der Waals surface area contributed by atoms with Crippen molar-refractivity contribution in [3.63, 3.8) is 0 Å². The maximum atomic E-state index is 6.23. The fraction of sp³-hybridized carbons (Fsp3) is 1.00. The van der Waals surface area contributed by atoms with Gasteiger partial charge in [0.25, 0.3) is 0 Å². The predicted molar refractivity (Wildman–Crippen MR) is 108 cm³/mol. The van der Waals surface area contributed by atoms with Gasteiger partial charge in [-0.2, -0.15) is 0 Å². The van der Waals surface area contributed by atoms with E-state index >= 15 is 0 Å². The summed E-state index contributed by atoms with van der Waals surface area (Å²) in [5.41, 5.74) is 0. The van der Waals surface area contributed by atoms with Crippen molar-refractivity contribution in [2.75, 3.05) is 6.61 Å². The van der Waals surface area contributed by atoms with Crippen molar-refractivity contribution in [2.45, 2.75) is 84.0 Å². The minimum Gasteiger partial charge on any atom is -0.428 e. The van der Waals surface area contributed by atoms with Crippen LogP contribution in [0.1, 0.15) is 84.0 Å². The summed E-state index contributed by atoms with van der Waals surface area (Å²) in [5.74, 6) is 0. The molecular formula is C14H38OSi5. The molecule has 1 aliphatic heterocycles. The van der Waals surface area contributed by atoms with E-state index in [1.165, 1.54) is 83.7 Å². The Hall–Kier alpha value is 1.04. The molecule has 1 nitrogen and oxygen atoms in total. The second-order valence-corrected chi connectivity index (χ2v) is 50.6. The molecule has 0 aromatic heterocycles. The maximum absolute atomic E-state index is 6.23. The molecule has 0 aromatic rings. The fourth-order valence-corrected chi connectivity index (χ4v) is 197. The summed E-state index contributed by atoms with van der Waals surface area (Å²) in [5, 5.41) is 0. The Morgan fingerprint density at radius 1 is 0.650 bits per heavy atom. The van der Waals surface area contributed by atoms with Crippen LogP contribution in [0.25, 0.3) is 0 Å². The standard InChI is InChI=1S/C14H38OSi5/c1-2-3-4-5-6-7-8-9-10-11-12-13-14-15-20-18-16-17-19-20/h20H,2-14,16-19H2,1H3. The Labute approximate surface area is 137 Å². The molecule has 0 N–H and O–H groups in total. The minimum absolute atomic E-state index is 0.267. The Kier molecular flexibility index (Phi) is 14.3. The molecule has 1 fully saturated rings. The first-order valence-electron chi connectivity index (χ1n) is 9.55. The Morgan fingerprint density at radius 2 is 1.10 bits per heavy atom. The molecule has 0 spiro atoms. The summed E-state index contributed by atoms with van der Waals surface area (Å²) < 4.78 is 6.23. The smallest absolute Gasteiger partial charge is 0.134 e. The lowest BCUT2D eigenvalue weighted by molar-refractivity contribution is 0.324. The van der Waals surface area contributed by atoms with Crippen molar-refractivity contribution in [3.8, 4) is 0 Å². The summed E-state index contributed by atoms with van der Waals surface area (Å²) in [6.07, 6.45) is 17.5. The molecule has 1 aliphatic rings. The van der Waals surface area contributed by atoms with E-state index in [-0.39, 0.29) is 8.08 Å². The van der Waals surface area contributed by atoms with Crippen LogP contribution in [0.3, 0.4) is 0 Å². The van der Waals surface area contributed by atoms with Gasteiger partial charge in [0.2, 0.25) is 0 Å². The van der Waals surface area contributed by atoms with Crippen LogP contribution in [0.2, 0.25) is 0 Å². The molecular weight excluding hydrogens is 325 g/mol.